The molecule has 2 N–H and O–H groups in total. The molecule has 1 aliphatic rings. The fourth-order valence-corrected chi connectivity index (χ4v) is 1.62. The van der Waals surface area contributed by atoms with E-state index in [0.717, 1.165) is 13.0 Å². The Labute approximate surface area is 86.0 Å². The molecular weight excluding hydrogens is 174 g/mol. The van der Waals surface area contributed by atoms with E-state index in [0.29, 0.717) is 5.75 Å². The van der Waals surface area contributed by atoms with Gasteiger partial charge in [-0.15, -0.1) is 0 Å². The van der Waals surface area contributed by atoms with E-state index in [1.54, 1.807) is 6.07 Å². The van der Waals surface area contributed by atoms with Crippen molar-refractivity contribution in [2.45, 2.75) is 33.1 Å². The molecule has 2 rings (SSSR count). The van der Waals surface area contributed by atoms with Crippen LogP contribution < -0.4 is 5.32 Å². The Morgan fingerprint density at radius 2 is 2.00 bits per heavy atom. The van der Waals surface area contributed by atoms with Crippen LogP contribution in [0.3, 0.4) is 0 Å². The smallest absolute Gasteiger partial charge is 0.116 e. The van der Waals surface area contributed by atoms with Crippen molar-refractivity contribution in [3.8, 4) is 5.75 Å². The summed E-state index contributed by atoms with van der Waals surface area (Å²) in [5.41, 5.74) is 2.43. The lowest BCUT2D eigenvalue weighted by Gasteiger charge is -2.06. The van der Waals surface area contributed by atoms with Gasteiger partial charge in [-0.1, -0.05) is 13.8 Å². The predicted octanol–water partition coefficient (Wildman–Crippen LogP) is 3.17. The van der Waals surface area contributed by atoms with Gasteiger partial charge in [-0.3, -0.25) is 0 Å². The van der Waals surface area contributed by atoms with Crippen LogP contribution in [-0.2, 0) is 6.42 Å². The van der Waals surface area contributed by atoms with Gasteiger partial charge in [-0.05, 0) is 43.0 Å². The van der Waals surface area contributed by atoms with Crippen molar-refractivity contribution in [1.82, 2.24) is 0 Å². The minimum absolute atomic E-state index is 0.373. The summed E-state index contributed by atoms with van der Waals surface area (Å²) in [5, 5.41) is 12.6. The van der Waals surface area contributed by atoms with Crippen LogP contribution in [-0.4, -0.2) is 11.7 Å². The number of phenolic OH excluding ortho intramolecular Hbond substituents is 1. The van der Waals surface area contributed by atoms with Gasteiger partial charge in [0.05, 0.1) is 0 Å². The zero-order valence-electron chi connectivity index (χ0n) is 9.01. The molecule has 2 nitrogen and oxygen atoms in total. The van der Waals surface area contributed by atoms with Gasteiger partial charge in [0.1, 0.15) is 5.75 Å². The van der Waals surface area contributed by atoms with Crippen molar-refractivity contribution in [3.63, 3.8) is 0 Å². The molecule has 0 radical (unpaired) electrons. The number of nitrogens with one attached hydrogen (secondary N) is 1. The van der Waals surface area contributed by atoms with Crippen LogP contribution >= 0.6 is 0 Å². The summed E-state index contributed by atoms with van der Waals surface area (Å²) in [5.74, 6) is 0.373. The minimum Gasteiger partial charge on any atom is -0.508 e. The van der Waals surface area contributed by atoms with Crippen molar-refractivity contribution in [2.75, 3.05) is 11.9 Å². The molecule has 0 aromatic heterocycles. The zero-order valence-corrected chi connectivity index (χ0v) is 9.01. The van der Waals surface area contributed by atoms with Crippen LogP contribution in [0.2, 0.25) is 0 Å². The number of aryl methyl sites for hydroxylation is 1. The molecule has 14 heavy (non-hydrogen) atoms. The predicted molar refractivity (Wildman–Crippen MR) is 60.9 cm³/mol. The zero-order chi connectivity index (χ0) is 10.4. The van der Waals surface area contributed by atoms with Gasteiger partial charge in [-0.2, -0.15) is 0 Å². The highest BCUT2D eigenvalue weighted by molar-refractivity contribution is 5.54. The first-order valence-corrected chi connectivity index (χ1v) is 5.42. The van der Waals surface area contributed by atoms with E-state index in [-0.39, 0.29) is 0 Å². The maximum Gasteiger partial charge on any atom is 0.116 e. The molecule has 0 bridgehead atoms. The Morgan fingerprint density at radius 1 is 1.21 bits per heavy atom. The molecule has 1 aliphatic heterocycles. The summed E-state index contributed by atoms with van der Waals surface area (Å²) in [4.78, 5) is 0. The Morgan fingerprint density at radius 3 is 2.79 bits per heavy atom. The fourth-order valence-electron chi connectivity index (χ4n) is 1.62. The molecular formula is C12H19NO. The SMILES string of the molecule is CC.Oc1ccc2c(c1)CCCCN2. The van der Waals surface area contributed by atoms with E-state index in [1.807, 2.05) is 26.0 Å². The van der Waals surface area contributed by atoms with Crippen molar-refractivity contribution >= 4 is 5.69 Å². The Balaban J connectivity index is 0.000000461. The number of rotatable bonds is 0. The monoisotopic (exact) mass is 193 g/mol. The quantitative estimate of drug-likeness (QED) is 0.620. The second-order valence-electron chi connectivity index (χ2n) is 3.23. The average molecular weight is 193 g/mol. The Bertz CT molecular complexity index is 284. The molecule has 0 atom stereocenters. The third-order valence-corrected chi connectivity index (χ3v) is 2.28. The molecule has 1 heterocycles. The summed E-state index contributed by atoms with van der Waals surface area (Å²) < 4.78 is 0. The maximum absolute atomic E-state index is 9.25. The minimum atomic E-state index is 0.373. The largest absolute Gasteiger partial charge is 0.508 e. The fraction of sp³-hybridized carbons (Fsp3) is 0.500. The molecule has 1 aromatic rings. The molecule has 0 saturated heterocycles. The highest BCUT2D eigenvalue weighted by Gasteiger charge is 2.06. The molecule has 0 unspecified atom stereocenters. The van der Waals surface area contributed by atoms with Crippen LogP contribution in [0.15, 0.2) is 18.2 Å². The van der Waals surface area contributed by atoms with Gasteiger partial charge in [0.2, 0.25) is 0 Å². The normalized spacial score (nSPS) is 14.1. The first-order valence-electron chi connectivity index (χ1n) is 5.42. The molecule has 2 heteroatoms. The summed E-state index contributed by atoms with van der Waals surface area (Å²) in [7, 11) is 0. The third kappa shape index (κ3) is 2.66. The van der Waals surface area contributed by atoms with E-state index in [2.05, 4.69) is 5.32 Å². The van der Waals surface area contributed by atoms with Crippen LogP contribution in [0, 0.1) is 0 Å². The number of anilines is 1. The summed E-state index contributed by atoms with van der Waals surface area (Å²) >= 11 is 0. The summed E-state index contributed by atoms with van der Waals surface area (Å²) in [6.07, 6.45) is 3.51. The summed E-state index contributed by atoms with van der Waals surface area (Å²) in [6.45, 7) is 5.05. The van der Waals surface area contributed by atoms with E-state index < -0.39 is 0 Å². The maximum atomic E-state index is 9.25. The second kappa shape index (κ2) is 5.53. The van der Waals surface area contributed by atoms with Crippen molar-refractivity contribution in [1.29, 1.82) is 0 Å². The lowest BCUT2D eigenvalue weighted by Crippen LogP contribution is -1.98. The van der Waals surface area contributed by atoms with Gasteiger partial charge < -0.3 is 10.4 Å². The number of fused-ring (bicyclic) bond motifs is 1. The van der Waals surface area contributed by atoms with E-state index in [1.165, 1.54) is 24.1 Å². The van der Waals surface area contributed by atoms with E-state index in [9.17, 15) is 5.11 Å². The van der Waals surface area contributed by atoms with Crippen LogP contribution in [0.1, 0.15) is 32.3 Å². The van der Waals surface area contributed by atoms with Gasteiger partial charge in [-0.25, -0.2) is 0 Å². The number of hydrogen-bond acceptors (Lipinski definition) is 2. The Hall–Kier alpha value is -1.18. The number of benzene rings is 1. The molecule has 1 aromatic carbocycles. The van der Waals surface area contributed by atoms with Crippen LogP contribution in [0.25, 0.3) is 0 Å². The van der Waals surface area contributed by atoms with Crippen LogP contribution in [0.4, 0.5) is 5.69 Å². The average Bonchev–Trinajstić information content (AvgIpc) is 2.45. The molecule has 0 aliphatic carbocycles. The molecule has 0 amide bonds. The molecule has 78 valence electrons. The number of aromatic hydroxyl groups is 1. The Kier molecular flexibility index (Phi) is 4.30. The summed E-state index contributed by atoms with van der Waals surface area (Å²) in [6, 6.07) is 5.54. The number of hydrogen-bond donors (Lipinski definition) is 2. The first-order chi connectivity index (χ1) is 6.86. The first kappa shape index (κ1) is 10.9. The van der Waals surface area contributed by atoms with Gasteiger partial charge in [0.15, 0.2) is 0 Å². The molecule has 0 spiro atoms. The molecule has 0 fully saturated rings. The van der Waals surface area contributed by atoms with Crippen molar-refractivity contribution in [2.24, 2.45) is 0 Å². The van der Waals surface area contributed by atoms with Gasteiger partial charge in [0.25, 0.3) is 0 Å². The lowest BCUT2D eigenvalue weighted by molar-refractivity contribution is 0.474. The van der Waals surface area contributed by atoms with E-state index in [4.69, 9.17) is 0 Å². The van der Waals surface area contributed by atoms with E-state index >= 15 is 0 Å². The van der Waals surface area contributed by atoms with Gasteiger partial charge in [0, 0.05) is 12.2 Å². The van der Waals surface area contributed by atoms with Crippen molar-refractivity contribution < 1.29 is 5.11 Å². The third-order valence-electron chi connectivity index (χ3n) is 2.28. The number of phenols is 1. The highest BCUT2D eigenvalue weighted by atomic mass is 16.3. The van der Waals surface area contributed by atoms with Crippen LogP contribution in [0.5, 0.6) is 5.75 Å². The highest BCUT2D eigenvalue weighted by Crippen LogP contribution is 2.24. The lowest BCUT2D eigenvalue weighted by atomic mass is 10.1. The topological polar surface area (TPSA) is 32.3 Å². The van der Waals surface area contributed by atoms with Gasteiger partial charge >= 0.3 is 0 Å². The molecule has 0 saturated carbocycles. The standard InChI is InChI=1S/C10H13NO.C2H6/c12-9-4-5-10-8(7-9)3-1-2-6-11-10;1-2/h4-5,7,11-12H,1-3,6H2;1-2H3. The second-order valence-corrected chi connectivity index (χ2v) is 3.23. The van der Waals surface area contributed by atoms with Crippen molar-refractivity contribution in [3.05, 3.63) is 23.8 Å².